The van der Waals surface area contributed by atoms with Gasteiger partial charge in [-0.25, -0.2) is 5.43 Å². The maximum absolute atomic E-state index is 12.3. The van der Waals surface area contributed by atoms with E-state index in [-0.39, 0.29) is 18.2 Å². The highest BCUT2D eigenvalue weighted by molar-refractivity contribution is 14.1. The highest BCUT2D eigenvalue weighted by atomic mass is 127. The molecule has 2 N–H and O–H groups in total. The van der Waals surface area contributed by atoms with E-state index in [0.29, 0.717) is 26.3 Å². The molecule has 2 aromatic carbocycles. The molecule has 0 bridgehead atoms. The number of carbonyl (C=O) groups excluding carboxylic acids is 2. The molecule has 10 heteroatoms. The van der Waals surface area contributed by atoms with Crippen LogP contribution in [0.25, 0.3) is 0 Å². The molecule has 28 heavy (non-hydrogen) atoms. The zero-order chi connectivity index (χ0) is 19.9. The van der Waals surface area contributed by atoms with Gasteiger partial charge in [0.15, 0.2) is 0 Å². The summed E-state index contributed by atoms with van der Waals surface area (Å²) in [4.78, 5) is 24.3. The first-order valence-corrected chi connectivity index (χ1v) is 10.2. The molecule has 3 rings (SSSR count). The maximum Gasteiger partial charge on any atom is 0.258 e. The number of hydrazone groups is 1. The SMILES string of the molecule is O=C(Cc1nnc(NC(=O)c2ccccc2I)s1)N/N=C\c1ccccc1Cl. The number of hydrogen-bond acceptors (Lipinski definition) is 6. The van der Waals surface area contributed by atoms with Gasteiger partial charge in [-0.1, -0.05) is 53.3 Å². The van der Waals surface area contributed by atoms with Crippen LogP contribution in [0.4, 0.5) is 5.13 Å². The van der Waals surface area contributed by atoms with Crippen LogP contribution in [-0.4, -0.2) is 28.2 Å². The summed E-state index contributed by atoms with van der Waals surface area (Å²) in [5.74, 6) is -0.628. The van der Waals surface area contributed by atoms with E-state index in [1.807, 2.05) is 24.3 Å². The second-order valence-corrected chi connectivity index (χ2v) is 8.06. The number of hydrogen-bond donors (Lipinski definition) is 2. The fraction of sp³-hybridized carbons (Fsp3) is 0.0556. The lowest BCUT2D eigenvalue weighted by atomic mass is 10.2. The van der Waals surface area contributed by atoms with Crippen molar-refractivity contribution in [1.82, 2.24) is 15.6 Å². The molecule has 1 heterocycles. The third-order valence-corrected chi connectivity index (χ3v) is 5.54. The average Bonchev–Trinajstić information content (AvgIpc) is 3.10. The van der Waals surface area contributed by atoms with Crippen LogP contribution in [0.5, 0.6) is 0 Å². The first-order chi connectivity index (χ1) is 13.5. The topological polar surface area (TPSA) is 96.3 Å². The normalized spacial score (nSPS) is 10.8. The first-order valence-electron chi connectivity index (χ1n) is 7.97. The second kappa shape index (κ2) is 9.71. The van der Waals surface area contributed by atoms with E-state index in [2.05, 4.69) is 48.6 Å². The van der Waals surface area contributed by atoms with Crippen molar-refractivity contribution in [2.75, 3.05) is 5.32 Å². The number of nitrogens with zero attached hydrogens (tertiary/aromatic N) is 3. The molecule has 0 unspecified atom stereocenters. The van der Waals surface area contributed by atoms with E-state index >= 15 is 0 Å². The molecule has 7 nitrogen and oxygen atoms in total. The van der Waals surface area contributed by atoms with Crippen molar-refractivity contribution in [3.05, 3.63) is 73.3 Å². The van der Waals surface area contributed by atoms with Crippen molar-refractivity contribution in [2.45, 2.75) is 6.42 Å². The van der Waals surface area contributed by atoms with E-state index in [4.69, 9.17) is 11.6 Å². The minimum atomic E-state index is -0.352. The standard InChI is InChI=1S/C18H13ClIN5O2S/c19-13-7-3-1-5-11(13)10-21-23-15(26)9-16-24-25-18(28-16)22-17(27)12-6-2-4-8-14(12)20/h1-8,10H,9H2,(H,23,26)(H,22,25,27)/b21-10-. The van der Waals surface area contributed by atoms with Crippen LogP contribution in [0.15, 0.2) is 53.6 Å². The van der Waals surface area contributed by atoms with Crippen molar-refractivity contribution in [2.24, 2.45) is 5.10 Å². The van der Waals surface area contributed by atoms with Crippen LogP contribution < -0.4 is 10.7 Å². The van der Waals surface area contributed by atoms with Gasteiger partial charge in [-0.2, -0.15) is 5.10 Å². The molecule has 0 fully saturated rings. The van der Waals surface area contributed by atoms with Gasteiger partial charge in [0.05, 0.1) is 18.2 Å². The third kappa shape index (κ3) is 5.57. The van der Waals surface area contributed by atoms with Gasteiger partial charge in [0.2, 0.25) is 11.0 Å². The summed E-state index contributed by atoms with van der Waals surface area (Å²) in [5.41, 5.74) is 3.66. The largest absolute Gasteiger partial charge is 0.296 e. The Morgan fingerprint density at radius 3 is 2.68 bits per heavy atom. The molecule has 0 spiro atoms. The zero-order valence-corrected chi connectivity index (χ0v) is 18.0. The molecule has 3 aromatic rings. The summed E-state index contributed by atoms with van der Waals surface area (Å²) in [6, 6.07) is 14.4. The quantitative estimate of drug-likeness (QED) is 0.291. The number of aromatic nitrogens is 2. The average molecular weight is 526 g/mol. The number of anilines is 1. The van der Waals surface area contributed by atoms with Crippen LogP contribution >= 0.6 is 45.5 Å². The van der Waals surface area contributed by atoms with Crippen molar-refractivity contribution in [3.8, 4) is 0 Å². The molecule has 0 radical (unpaired) electrons. The second-order valence-electron chi connectivity index (χ2n) is 5.43. The van der Waals surface area contributed by atoms with Crippen LogP contribution in [0.1, 0.15) is 20.9 Å². The van der Waals surface area contributed by atoms with E-state index in [1.54, 1.807) is 24.3 Å². The molecule has 0 atom stereocenters. The van der Waals surface area contributed by atoms with Crippen molar-refractivity contribution in [1.29, 1.82) is 0 Å². The smallest absolute Gasteiger partial charge is 0.258 e. The van der Waals surface area contributed by atoms with Gasteiger partial charge in [0.25, 0.3) is 5.91 Å². The third-order valence-electron chi connectivity index (χ3n) is 3.42. The monoisotopic (exact) mass is 525 g/mol. The number of rotatable bonds is 6. The van der Waals surface area contributed by atoms with Crippen LogP contribution in [-0.2, 0) is 11.2 Å². The molecule has 0 aliphatic carbocycles. The van der Waals surface area contributed by atoms with Gasteiger partial charge in [-0.05, 0) is 40.8 Å². The van der Waals surface area contributed by atoms with Crippen molar-refractivity contribution in [3.63, 3.8) is 0 Å². The highest BCUT2D eigenvalue weighted by Crippen LogP contribution is 2.18. The van der Waals surface area contributed by atoms with Gasteiger partial charge in [-0.3, -0.25) is 14.9 Å². The Labute approximate surface area is 183 Å². The molecule has 1 aromatic heterocycles. The van der Waals surface area contributed by atoms with Gasteiger partial charge < -0.3 is 0 Å². The Bertz CT molecular complexity index is 1040. The fourth-order valence-electron chi connectivity index (χ4n) is 2.12. The molecule has 0 saturated heterocycles. The highest BCUT2D eigenvalue weighted by Gasteiger charge is 2.14. The van der Waals surface area contributed by atoms with Gasteiger partial charge in [-0.15, -0.1) is 10.2 Å². The summed E-state index contributed by atoms with van der Waals surface area (Å²) in [6.45, 7) is 0. The maximum atomic E-state index is 12.3. The summed E-state index contributed by atoms with van der Waals surface area (Å²) in [5, 5.41) is 15.7. The molecule has 2 amide bonds. The Hall–Kier alpha value is -2.37. The molecule has 142 valence electrons. The predicted octanol–water partition coefficient (Wildman–Crippen LogP) is 3.74. The van der Waals surface area contributed by atoms with E-state index < -0.39 is 0 Å². The number of halogens is 2. The van der Waals surface area contributed by atoms with E-state index in [9.17, 15) is 9.59 Å². The minimum Gasteiger partial charge on any atom is -0.296 e. The number of carbonyl (C=O) groups is 2. The number of benzene rings is 2. The van der Waals surface area contributed by atoms with Crippen molar-refractivity contribution < 1.29 is 9.59 Å². The molecule has 0 aliphatic heterocycles. The van der Waals surface area contributed by atoms with Gasteiger partial charge >= 0.3 is 0 Å². The fourth-order valence-corrected chi connectivity index (χ4v) is 3.67. The van der Waals surface area contributed by atoms with Gasteiger partial charge in [0.1, 0.15) is 5.01 Å². The lowest BCUT2D eigenvalue weighted by molar-refractivity contribution is -0.120. The zero-order valence-electron chi connectivity index (χ0n) is 14.2. The molecule has 0 aliphatic rings. The Balaban J connectivity index is 1.54. The van der Waals surface area contributed by atoms with Crippen LogP contribution in [0.2, 0.25) is 5.02 Å². The van der Waals surface area contributed by atoms with Crippen molar-refractivity contribution >= 4 is 68.7 Å². The van der Waals surface area contributed by atoms with Crippen LogP contribution in [0.3, 0.4) is 0 Å². The summed E-state index contributed by atoms with van der Waals surface area (Å²) >= 11 is 9.23. The number of nitrogens with one attached hydrogen (secondary N) is 2. The van der Waals surface area contributed by atoms with E-state index in [0.717, 1.165) is 14.9 Å². The molecular weight excluding hydrogens is 513 g/mol. The summed E-state index contributed by atoms with van der Waals surface area (Å²) < 4.78 is 0.832. The summed E-state index contributed by atoms with van der Waals surface area (Å²) in [7, 11) is 0. The predicted molar refractivity (Wildman–Crippen MR) is 118 cm³/mol. The molecule has 0 saturated carbocycles. The number of amides is 2. The first kappa shape index (κ1) is 20.4. The molecular formula is C18H13ClIN5O2S. The Morgan fingerprint density at radius 2 is 1.89 bits per heavy atom. The van der Waals surface area contributed by atoms with E-state index in [1.165, 1.54) is 6.21 Å². The Morgan fingerprint density at radius 1 is 1.14 bits per heavy atom. The summed E-state index contributed by atoms with van der Waals surface area (Å²) in [6.07, 6.45) is 1.46. The lowest BCUT2D eigenvalue weighted by Gasteiger charge is -2.02. The Kier molecular flexibility index (Phi) is 7.06. The lowest BCUT2D eigenvalue weighted by Crippen LogP contribution is -2.19. The van der Waals surface area contributed by atoms with Gasteiger partial charge in [0, 0.05) is 14.2 Å². The van der Waals surface area contributed by atoms with Crippen LogP contribution in [0, 0.1) is 3.57 Å². The minimum absolute atomic E-state index is 0.00370.